The highest BCUT2D eigenvalue weighted by molar-refractivity contribution is 6.35. The third-order valence-electron chi connectivity index (χ3n) is 6.59. The molecule has 2 aromatic heterocycles. The van der Waals surface area contributed by atoms with Crippen molar-refractivity contribution in [3.63, 3.8) is 0 Å². The summed E-state index contributed by atoms with van der Waals surface area (Å²) in [6.07, 6.45) is 8.59. The Morgan fingerprint density at radius 3 is 2.69 bits per heavy atom. The van der Waals surface area contributed by atoms with Crippen LogP contribution in [0.5, 0.6) is 0 Å². The van der Waals surface area contributed by atoms with Gasteiger partial charge in [0.1, 0.15) is 17.6 Å². The lowest BCUT2D eigenvalue weighted by molar-refractivity contribution is 0.446. The van der Waals surface area contributed by atoms with Gasteiger partial charge >= 0.3 is 0 Å². The lowest BCUT2D eigenvalue weighted by Gasteiger charge is -2.28. The second-order valence-electron chi connectivity index (χ2n) is 9.11. The van der Waals surface area contributed by atoms with Crippen molar-refractivity contribution >= 4 is 33.9 Å². The fourth-order valence-electron chi connectivity index (χ4n) is 4.28. The molecule has 0 bridgehead atoms. The van der Waals surface area contributed by atoms with Crippen molar-refractivity contribution in [3.8, 4) is 6.07 Å². The normalized spacial score (nSPS) is 17.8. The minimum absolute atomic E-state index is 0.296. The van der Waals surface area contributed by atoms with E-state index in [0.717, 1.165) is 32.1 Å². The highest BCUT2D eigenvalue weighted by atomic mass is 35.5. The first kappa shape index (κ1) is 20.7. The molecule has 2 saturated carbocycles. The summed E-state index contributed by atoms with van der Waals surface area (Å²) < 4.78 is 25.0. The zero-order valence-electron chi connectivity index (χ0n) is 19.8. The van der Waals surface area contributed by atoms with Gasteiger partial charge in [-0.15, -0.1) is 5.10 Å². The first-order chi connectivity index (χ1) is 17.4. The van der Waals surface area contributed by atoms with Crippen LogP contribution in [0, 0.1) is 17.1 Å². The van der Waals surface area contributed by atoms with Gasteiger partial charge in [0, 0.05) is 23.3 Å². The fourth-order valence-corrected chi connectivity index (χ4v) is 4.55. The average Bonchev–Trinajstić information content (AvgIpc) is 3.57. The molecule has 2 fully saturated rings. The van der Waals surface area contributed by atoms with Crippen molar-refractivity contribution < 1.29 is 5.76 Å². The van der Waals surface area contributed by atoms with Crippen LogP contribution in [0.2, 0.25) is 5.02 Å². The van der Waals surface area contributed by atoms with Gasteiger partial charge < -0.3 is 10.6 Å². The number of nitrogens with one attached hydrogen (secondary N) is 2. The van der Waals surface area contributed by atoms with Crippen LogP contribution in [0.4, 0.5) is 15.8 Å². The van der Waals surface area contributed by atoms with E-state index < -0.39 is 11.8 Å². The minimum Gasteiger partial charge on any atom is -0.381 e. The minimum atomic E-state index is -1.57. The highest BCUT2D eigenvalue weighted by Gasteiger charge is 2.27. The van der Waals surface area contributed by atoms with Crippen LogP contribution in [0.25, 0.3) is 10.9 Å². The van der Waals surface area contributed by atoms with Crippen molar-refractivity contribution in [3.05, 3.63) is 76.5 Å². The number of rotatable bonds is 7. The van der Waals surface area contributed by atoms with Crippen LogP contribution in [-0.4, -0.2) is 26.0 Å². The largest absolute Gasteiger partial charge is 0.381 e. The second-order valence-corrected chi connectivity index (χ2v) is 9.51. The molecule has 2 aromatic carbocycles. The van der Waals surface area contributed by atoms with E-state index in [-0.39, 0.29) is 0 Å². The van der Waals surface area contributed by atoms with E-state index in [0.29, 0.717) is 56.2 Å². The molecule has 4 aromatic rings. The molecular weight excluding hydrogens is 465 g/mol. The number of hydrogen-bond donors (Lipinski definition) is 2. The zero-order chi connectivity index (χ0) is 24.9. The van der Waals surface area contributed by atoms with E-state index in [1.807, 2.05) is 6.07 Å². The Bertz CT molecular complexity index is 1490. The van der Waals surface area contributed by atoms with Gasteiger partial charge in [0.15, 0.2) is 0 Å². The van der Waals surface area contributed by atoms with Gasteiger partial charge in [-0.05, 0) is 61.9 Å². The van der Waals surface area contributed by atoms with Gasteiger partial charge in [-0.3, -0.25) is 4.98 Å². The lowest BCUT2D eigenvalue weighted by Crippen LogP contribution is -2.27. The first-order valence-electron chi connectivity index (χ1n) is 12.2. The predicted octanol–water partition coefficient (Wildman–Crippen LogP) is 5.99. The molecule has 176 valence electrons. The molecule has 0 saturated heterocycles. The van der Waals surface area contributed by atoms with Gasteiger partial charge in [-0.1, -0.05) is 28.9 Å². The number of hydrogen-bond acceptors (Lipinski definition) is 6. The molecule has 1 unspecified atom stereocenters. The Labute approximate surface area is 208 Å². The zero-order valence-corrected chi connectivity index (χ0v) is 19.6. The number of fused-ring (bicyclic) bond motifs is 1. The quantitative estimate of drug-likeness (QED) is 0.332. The molecule has 0 aliphatic heterocycles. The first-order valence-corrected chi connectivity index (χ1v) is 12.1. The van der Waals surface area contributed by atoms with E-state index in [1.54, 1.807) is 29.1 Å². The molecule has 35 heavy (non-hydrogen) atoms. The molecule has 2 heterocycles. The van der Waals surface area contributed by atoms with Crippen LogP contribution in [-0.2, 0) is 0 Å². The summed E-state index contributed by atoms with van der Waals surface area (Å²) in [6.45, 7) is 0. The Morgan fingerprint density at radius 1 is 1.20 bits per heavy atom. The van der Waals surface area contributed by atoms with E-state index in [2.05, 4.69) is 32.0 Å². The standard InChI is InChI=1S/C26H23ClFN7/c27-22-11-19(10-21-24(31-18-2-1-3-18)16(12-29)13-30-26(21)22)32-25(15-4-6-17(28)7-5-15)23-14-35(34-33-23)20-8-9-20/h4-7,10-11,13-14,18,20,25,32H,1-3,8-9H2,(H,30,31)/i25D. The van der Waals surface area contributed by atoms with E-state index in [9.17, 15) is 11.0 Å². The molecule has 0 spiro atoms. The van der Waals surface area contributed by atoms with Gasteiger partial charge in [0.2, 0.25) is 0 Å². The number of nitrogens with zero attached hydrogens (tertiary/aromatic N) is 5. The fraction of sp³-hybridized carbons (Fsp3) is 0.308. The third kappa shape index (κ3) is 4.28. The van der Waals surface area contributed by atoms with Crippen molar-refractivity contribution in [2.75, 3.05) is 10.6 Å². The topological polar surface area (TPSA) is 91.5 Å². The lowest BCUT2D eigenvalue weighted by atomic mass is 9.92. The number of halogens is 2. The number of anilines is 2. The number of aromatic nitrogens is 4. The number of nitriles is 1. The molecule has 2 aliphatic carbocycles. The third-order valence-corrected chi connectivity index (χ3v) is 6.88. The summed E-state index contributed by atoms with van der Waals surface area (Å²) in [7, 11) is 0. The number of pyridine rings is 1. The summed E-state index contributed by atoms with van der Waals surface area (Å²) in [6, 6.07) is 10.6. The molecule has 1 atom stereocenters. The Kier molecular flexibility index (Phi) is 5.21. The Hall–Kier alpha value is -3.70. The van der Waals surface area contributed by atoms with Crippen LogP contribution in [0.3, 0.4) is 0 Å². The second kappa shape index (κ2) is 8.82. The molecule has 6 rings (SSSR count). The van der Waals surface area contributed by atoms with Crippen LogP contribution < -0.4 is 10.6 Å². The smallest absolute Gasteiger partial charge is 0.123 e. The molecule has 7 nitrogen and oxygen atoms in total. The van der Waals surface area contributed by atoms with Crippen molar-refractivity contribution in [2.45, 2.75) is 50.2 Å². The maximum atomic E-state index is 13.7. The summed E-state index contributed by atoms with van der Waals surface area (Å²) >= 11 is 6.65. The van der Waals surface area contributed by atoms with Crippen LogP contribution >= 0.6 is 11.6 Å². The molecule has 0 amide bonds. The summed E-state index contributed by atoms with van der Waals surface area (Å²) in [5.74, 6) is -0.390. The maximum Gasteiger partial charge on any atom is 0.123 e. The SMILES string of the molecule is [2H]C(Nc1cc(Cl)c2ncc(C#N)c(NC3CCC3)c2c1)(c1ccc(F)cc1)c1cn(C2CC2)nn1. The van der Waals surface area contributed by atoms with E-state index in [1.165, 1.54) is 18.3 Å². The van der Waals surface area contributed by atoms with Gasteiger partial charge in [-0.2, -0.15) is 5.26 Å². The van der Waals surface area contributed by atoms with E-state index >= 15 is 0 Å². The monoisotopic (exact) mass is 488 g/mol. The van der Waals surface area contributed by atoms with Crippen molar-refractivity contribution in [1.29, 1.82) is 5.26 Å². The van der Waals surface area contributed by atoms with Crippen molar-refractivity contribution in [1.82, 2.24) is 20.0 Å². The Balaban J connectivity index is 1.46. The average molecular weight is 489 g/mol. The summed E-state index contributed by atoms with van der Waals surface area (Å²) in [5, 5.41) is 26.1. The van der Waals surface area contributed by atoms with Gasteiger partial charge in [0.25, 0.3) is 0 Å². The molecule has 2 N–H and O–H groups in total. The van der Waals surface area contributed by atoms with Crippen molar-refractivity contribution in [2.24, 2.45) is 0 Å². The van der Waals surface area contributed by atoms with Crippen LogP contribution in [0.1, 0.15) is 62.4 Å². The van der Waals surface area contributed by atoms with E-state index in [4.69, 9.17) is 11.6 Å². The van der Waals surface area contributed by atoms with Gasteiger partial charge in [-0.25, -0.2) is 9.07 Å². The molecule has 0 radical (unpaired) electrons. The highest BCUT2D eigenvalue weighted by Crippen LogP contribution is 2.38. The van der Waals surface area contributed by atoms with Crippen LogP contribution in [0.15, 0.2) is 48.8 Å². The molecular formula is C26H23ClFN7. The maximum absolute atomic E-state index is 13.7. The van der Waals surface area contributed by atoms with Gasteiger partial charge in [0.05, 0.1) is 41.4 Å². The Morgan fingerprint density at radius 2 is 2.00 bits per heavy atom. The summed E-state index contributed by atoms with van der Waals surface area (Å²) in [4.78, 5) is 4.42. The molecule has 2 aliphatic rings. The summed E-state index contributed by atoms with van der Waals surface area (Å²) in [5.41, 5.74) is 3.12. The number of benzene rings is 2. The predicted molar refractivity (Wildman–Crippen MR) is 133 cm³/mol. The molecule has 9 heteroatoms.